The van der Waals surface area contributed by atoms with Crippen LogP contribution in [0.5, 0.6) is 0 Å². The molecule has 132 valence electrons. The largest absolute Gasteiger partial charge is 0.457 e. The van der Waals surface area contributed by atoms with E-state index in [-0.39, 0.29) is 18.3 Å². The molecule has 0 saturated carbocycles. The lowest BCUT2D eigenvalue weighted by atomic mass is 10.2. The molecule has 0 radical (unpaired) electrons. The molecule has 0 spiro atoms. The van der Waals surface area contributed by atoms with Crippen molar-refractivity contribution in [2.24, 2.45) is 0 Å². The van der Waals surface area contributed by atoms with Crippen LogP contribution >= 0.6 is 0 Å². The van der Waals surface area contributed by atoms with Crippen molar-refractivity contribution in [1.29, 1.82) is 0 Å². The van der Waals surface area contributed by atoms with E-state index in [1.807, 2.05) is 24.3 Å². The van der Waals surface area contributed by atoms with Gasteiger partial charge in [-0.3, -0.25) is 4.79 Å². The van der Waals surface area contributed by atoms with Crippen LogP contribution in [0, 0.1) is 0 Å². The van der Waals surface area contributed by atoms with Gasteiger partial charge in [-0.1, -0.05) is 12.8 Å². The summed E-state index contributed by atoms with van der Waals surface area (Å²) >= 11 is 0. The van der Waals surface area contributed by atoms with E-state index in [0.717, 1.165) is 13.1 Å². The molecule has 1 saturated heterocycles. The lowest BCUT2D eigenvalue weighted by Crippen LogP contribution is -2.24. The van der Waals surface area contributed by atoms with Crippen molar-refractivity contribution in [2.75, 3.05) is 29.9 Å². The van der Waals surface area contributed by atoms with Gasteiger partial charge in [-0.05, 0) is 49.2 Å². The number of benzene rings is 1. The smallest absolute Gasteiger partial charge is 0.374 e. The second-order valence-electron chi connectivity index (χ2n) is 6.05. The number of furan rings is 1. The van der Waals surface area contributed by atoms with E-state index in [9.17, 15) is 9.59 Å². The molecule has 0 bridgehead atoms. The van der Waals surface area contributed by atoms with E-state index in [1.54, 1.807) is 6.07 Å². The number of hydrogen-bond acceptors (Lipinski definition) is 5. The van der Waals surface area contributed by atoms with E-state index in [4.69, 9.17) is 9.15 Å². The molecule has 1 fully saturated rings. The third-order valence-corrected chi connectivity index (χ3v) is 4.18. The number of anilines is 2. The Kier molecular flexibility index (Phi) is 5.72. The van der Waals surface area contributed by atoms with Crippen LogP contribution in [0.2, 0.25) is 0 Å². The number of nitrogens with one attached hydrogen (secondary N) is 1. The molecule has 1 aromatic carbocycles. The van der Waals surface area contributed by atoms with Crippen molar-refractivity contribution in [2.45, 2.75) is 25.7 Å². The van der Waals surface area contributed by atoms with Crippen LogP contribution in [-0.2, 0) is 9.53 Å². The van der Waals surface area contributed by atoms with Gasteiger partial charge in [-0.25, -0.2) is 4.79 Å². The number of amides is 1. The van der Waals surface area contributed by atoms with Crippen LogP contribution in [0.25, 0.3) is 0 Å². The van der Waals surface area contributed by atoms with Crippen molar-refractivity contribution in [1.82, 2.24) is 0 Å². The average molecular weight is 342 g/mol. The molecular formula is C19H22N2O4. The maximum Gasteiger partial charge on any atom is 0.374 e. The van der Waals surface area contributed by atoms with Crippen molar-refractivity contribution >= 4 is 23.3 Å². The van der Waals surface area contributed by atoms with Crippen LogP contribution in [0.1, 0.15) is 36.2 Å². The standard InChI is InChI=1S/C19H22N2O4/c22-18(14-25-19(23)17-6-5-13-24-17)20-15-7-9-16(10-8-15)21-11-3-1-2-4-12-21/h5-10,13H,1-4,11-12,14H2,(H,20,22). The van der Waals surface area contributed by atoms with Gasteiger partial charge in [0.15, 0.2) is 6.61 Å². The van der Waals surface area contributed by atoms with Crippen molar-refractivity contribution in [3.63, 3.8) is 0 Å². The van der Waals surface area contributed by atoms with Crippen LogP contribution in [0.4, 0.5) is 11.4 Å². The lowest BCUT2D eigenvalue weighted by Gasteiger charge is -2.22. The van der Waals surface area contributed by atoms with Crippen molar-refractivity contribution in [3.05, 3.63) is 48.4 Å². The Hall–Kier alpha value is -2.76. The van der Waals surface area contributed by atoms with Crippen LogP contribution in [0.3, 0.4) is 0 Å². The summed E-state index contributed by atoms with van der Waals surface area (Å²) in [5.41, 5.74) is 1.85. The number of carbonyl (C=O) groups is 2. The van der Waals surface area contributed by atoms with Gasteiger partial charge in [0.05, 0.1) is 6.26 Å². The highest BCUT2D eigenvalue weighted by molar-refractivity contribution is 5.94. The third kappa shape index (κ3) is 4.86. The first-order chi connectivity index (χ1) is 12.2. The fourth-order valence-corrected chi connectivity index (χ4v) is 2.88. The number of carbonyl (C=O) groups excluding carboxylic acids is 2. The van der Waals surface area contributed by atoms with E-state index in [1.165, 1.54) is 43.7 Å². The summed E-state index contributed by atoms with van der Waals surface area (Å²) in [5.74, 6) is -0.964. The summed E-state index contributed by atoms with van der Waals surface area (Å²) in [6.07, 6.45) is 6.41. The van der Waals surface area contributed by atoms with E-state index in [0.29, 0.717) is 5.69 Å². The third-order valence-electron chi connectivity index (χ3n) is 4.18. The highest BCUT2D eigenvalue weighted by Crippen LogP contribution is 2.21. The number of nitrogens with zero attached hydrogens (tertiary/aromatic N) is 1. The highest BCUT2D eigenvalue weighted by atomic mass is 16.5. The molecule has 1 aliphatic heterocycles. The summed E-state index contributed by atoms with van der Waals surface area (Å²) in [6, 6.07) is 10.8. The number of rotatable bonds is 5. The zero-order valence-electron chi connectivity index (χ0n) is 14.1. The Morgan fingerprint density at radius 1 is 1.04 bits per heavy atom. The molecule has 1 amide bonds. The molecule has 0 unspecified atom stereocenters. The number of hydrogen-bond donors (Lipinski definition) is 1. The SMILES string of the molecule is O=C(COC(=O)c1ccco1)Nc1ccc(N2CCCCCC2)cc1. The molecule has 1 aromatic heterocycles. The fourth-order valence-electron chi connectivity index (χ4n) is 2.88. The zero-order valence-corrected chi connectivity index (χ0v) is 14.1. The maximum absolute atomic E-state index is 11.9. The molecule has 25 heavy (non-hydrogen) atoms. The molecule has 0 aliphatic carbocycles. The van der Waals surface area contributed by atoms with Crippen LogP contribution < -0.4 is 10.2 Å². The molecule has 1 aliphatic rings. The van der Waals surface area contributed by atoms with Crippen LogP contribution in [0.15, 0.2) is 47.1 Å². The first-order valence-electron chi connectivity index (χ1n) is 8.58. The Morgan fingerprint density at radius 2 is 1.76 bits per heavy atom. The minimum absolute atomic E-state index is 0.0783. The molecule has 2 heterocycles. The van der Waals surface area contributed by atoms with Gasteiger partial charge in [-0.15, -0.1) is 0 Å². The second-order valence-corrected chi connectivity index (χ2v) is 6.05. The molecular weight excluding hydrogens is 320 g/mol. The molecule has 6 heteroatoms. The van der Waals surface area contributed by atoms with Gasteiger partial charge in [-0.2, -0.15) is 0 Å². The fraction of sp³-hybridized carbons (Fsp3) is 0.368. The quantitative estimate of drug-likeness (QED) is 0.843. The van der Waals surface area contributed by atoms with Gasteiger partial charge in [0.2, 0.25) is 5.76 Å². The minimum atomic E-state index is -0.656. The molecule has 6 nitrogen and oxygen atoms in total. The lowest BCUT2D eigenvalue weighted by molar-refractivity contribution is -0.119. The minimum Gasteiger partial charge on any atom is -0.457 e. The van der Waals surface area contributed by atoms with E-state index >= 15 is 0 Å². The summed E-state index contributed by atoms with van der Waals surface area (Å²) in [6.45, 7) is 1.80. The topological polar surface area (TPSA) is 71.8 Å². The number of esters is 1. The van der Waals surface area contributed by atoms with Gasteiger partial charge in [0.25, 0.3) is 5.91 Å². The maximum atomic E-state index is 11.9. The molecule has 1 N–H and O–H groups in total. The predicted octanol–water partition coefficient (Wildman–Crippen LogP) is 3.46. The molecule has 3 rings (SSSR count). The monoisotopic (exact) mass is 342 g/mol. The highest BCUT2D eigenvalue weighted by Gasteiger charge is 2.13. The Balaban J connectivity index is 1.49. The Labute approximate surface area is 146 Å². The summed E-state index contributed by atoms with van der Waals surface area (Å²) in [5, 5.41) is 2.72. The predicted molar refractivity (Wildman–Crippen MR) is 94.7 cm³/mol. The first-order valence-corrected chi connectivity index (χ1v) is 8.58. The Bertz CT molecular complexity index is 687. The summed E-state index contributed by atoms with van der Waals surface area (Å²) in [7, 11) is 0. The van der Waals surface area contributed by atoms with Crippen molar-refractivity contribution < 1.29 is 18.7 Å². The zero-order chi connectivity index (χ0) is 17.5. The van der Waals surface area contributed by atoms with Gasteiger partial charge < -0.3 is 19.4 Å². The van der Waals surface area contributed by atoms with E-state index in [2.05, 4.69) is 10.2 Å². The van der Waals surface area contributed by atoms with Gasteiger partial charge in [0, 0.05) is 24.5 Å². The molecule has 0 atom stereocenters. The normalized spacial score (nSPS) is 14.6. The Morgan fingerprint density at radius 3 is 2.40 bits per heavy atom. The first kappa shape index (κ1) is 17.1. The average Bonchev–Trinajstić information content (AvgIpc) is 3.03. The van der Waals surface area contributed by atoms with Gasteiger partial charge >= 0.3 is 5.97 Å². The summed E-state index contributed by atoms with van der Waals surface area (Å²) in [4.78, 5) is 25.9. The summed E-state index contributed by atoms with van der Waals surface area (Å²) < 4.78 is 9.81. The van der Waals surface area contributed by atoms with E-state index < -0.39 is 5.97 Å². The van der Waals surface area contributed by atoms with Crippen molar-refractivity contribution in [3.8, 4) is 0 Å². The second kappa shape index (κ2) is 8.37. The van der Waals surface area contributed by atoms with Crippen LogP contribution in [-0.4, -0.2) is 31.6 Å². The molecule has 2 aromatic rings. The van der Waals surface area contributed by atoms with Gasteiger partial charge in [0.1, 0.15) is 0 Å². The number of ether oxygens (including phenoxy) is 1.